The molecule has 0 aromatic heterocycles. The van der Waals surface area contributed by atoms with E-state index in [-0.39, 0.29) is 23.5 Å². The van der Waals surface area contributed by atoms with Crippen molar-refractivity contribution in [3.63, 3.8) is 0 Å². The van der Waals surface area contributed by atoms with Crippen molar-refractivity contribution in [2.75, 3.05) is 19.6 Å². The van der Waals surface area contributed by atoms with Gasteiger partial charge < -0.3 is 14.7 Å². The maximum atomic E-state index is 13.3. The van der Waals surface area contributed by atoms with E-state index in [1.54, 1.807) is 39.0 Å². The van der Waals surface area contributed by atoms with Gasteiger partial charge in [-0.1, -0.05) is 6.07 Å². The van der Waals surface area contributed by atoms with Crippen LogP contribution in [-0.2, 0) is 9.59 Å². The first-order valence-electron chi connectivity index (χ1n) is 11.3. The second-order valence-electron chi connectivity index (χ2n) is 8.82. The number of nitriles is 1. The van der Waals surface area contributed by atoms with Crippen molar-refractivity contribution in [1.82, 2.24) is 14.7 Å². The first kappa shape index (κ1) is 22.0. The Hall–Kier alpha value is -3.21. The van der Waals surface area contributed by atoms with Crippen LogP contribution in [0.25, 0.3) is 0 Å². The number of benzene rings is 1. The number of hydrogen-bond donors (Lipinski definition) is 0. The number of hydrogen-bond acceptors (Lipinski definition) is 5. The molecule has 0 saturated carbocycles. The van der Waals surface area contributed by atoms with Gasteiger partial charge in [0.25, 0.3) is 11.8 Å². The van der Waals surface area contributed by atoms with E-state index in [1.165, 1.54) is 6.92 Å². The molecule has 1 aromatic carbocycles. The minimum Gasteiger partial charge on any atom is -0.329 e. The van der Waals surface area contributed by atoms with Crippen molar-refractivity contribution in [3.05, 3.63) is 35.4 Å². The van der Waals surface area contributed by atoms with Crippen LogP contribution < -0.4 is 0 Å². The van der Waals surface area contributed by atoms with Crippen molar-refractivity contribution >= 4 is 23.5 Å². The number of amides is 3. The summed E-state index contributed by atoms with van der Waals surface area (Å²) in [6.07, 6.45) is 4.22. The molecule has 8 heteroatoms. The van der Waals surface area contributed by atoms with Crippen molar-refractivity contribution in [3.8, 4) is 6.07 Å². The van der Waals surface area contributed by atoms with Crippen molar-refractivity contribution in [2.24, 2.45) is 0 Å². The molecule has 0 bridgehead atoms. The van der Waals surface area contributed by atoms with Crippen LogP contribution in [0.5, 0.6) is 0 Å². The minimum absolute atomic E-state index is 0.0286. The van der Waals surface area contributed by atoms with Crippen LogP contribution in [0.15, 0.2) is 24.3 Å². The standard InChI is InChI=1S/C24H28N4O4/c1-16(29)20-9-4-12-27(20)22(30)17-6-2-7-18(14-17)23(31)28-13-5-10-21(28)24(32)26-11-3-8-19(26)15-25/h2,6-7,14,19-21H,3-5,8-13H2,1H3/t19-,20-,21-/m0/s1. The molecule has 4 rings (SSSR count). The lowest BCUT2D eigenvalue weighted by molar-refractivity contribution is -0.135. The molecule has 3 saturated heterocycles. The fraction of sp³-hybridized carbons (Fsp3) is 0.542. The number of nitrogens with zero attached hydrogens (tertiary/aromatic N) is 4. The number of carbonyl (C=O) groups excluding carboxylic acids is 4. The van der Waals surface area contributed by atoms with Crippen LogP contribution in [-0.4, -0.2) is 76.0 Å². The van der Waals surface area contributed by atoms with E-state index >= 15 is 0 Å². The first-order chi connectivity index (χ1) is 15.4. The lowest BCUT2D eigenvalue weighted by atomic mass is 10.1. The summed E-state index contributed by atoms with van der Waals surface area (Å²) in [5.74, 6) is -0.722. The van der Waals surface area contributed by atoms with E-state index in [0.717, 1.165) is 19.3 Å². The van der Waals surface area contributed by atoms with Crippen LogP contribution in [0.3, 0.4) is 0 Å². The second kappa shape index (κ2) is 9.11. The number of carbonyl (C=O) groups is 4. The van der Waals surface area contributed by atoms with Crippen LogP contribution in [0, 0.1) is 11.3 Å². The van der Waals surface area contributed by atoms with E-state index in [2.05, 4.69) is 6.07 Å². The lowest BCUT2D eigenvalue weighted by Gasteiger charge is -2.29. The third-order valence-electron chi connectivity index (χ3n) is 6.82. The molecule has 168 valence electrons. The van der Waals surface area contributed by atoms with Crippen LogP contribution >= 0.6 is 0 Å². The highest BCUT2D eigenvalue weighted by molar-refractivity contribution is 6.02. The number of rotatable bonds is 4. The zero-order chi connectivity index (χ0) is 22.8. The smallest absolute Gasteiger partial charge is 0.254 e. The maximum Gasteiger partial charge on any atom is 0.254 e. The molecule has 1 aromatic rings. The molecular weight excluding hydrogens is 408 g/mol. The second-order valence-corrected chi connectivity index (χ2v) is 8.82. The zero-order valence-electron chi connectivity index (χ0n) is 18.3. The third-order valence-corrected chi connectivity index (χ3v) is 6.82. The molecule has 0 N–H and O–H groups in total. The van der Waals surface area contributed by atoms with Gasteiger partial charge in [0.2, 0.25) is 5.91 Å². The van der Waals surface area contributed by atoms with Gasteiger partial charge in [0, 0.05) is 30.8 Å². The van der Waals surface area contributed by atoms with E-state index < -0.39 is 18.1 Å². The molecular formula is C24H28N4O4. The van der Waals surface area contributed by atoms with E-state index in [4.69, 9.17) is 0 Å². The summed E-state index contributed by atoms with van der Waals surface area (Å²) in [5.41, 5.74) is 0.725. The summed E-state index contributed by atoms with van der Waals surface area (Å²) in [4.78, 5) is 56.1. The Morgan fingerprint density at radius 3 is 1.97 bits per heavy atom. The molecule has 8 nitrogen and oxygen atoms in total. The average molecular weight is 437 g/mol. The summed E-state index contributed by atoms with van der Waals surface area (Å²) >= 11 is 0. The van der Waals surface area contributed by atoms with Gasteiger partial charge in [0.15, 0.2) is 5.78 Å². The average Bonchev–Trinajstić information content (AvgIpc) is 3.57. The molecule has 0 unspecified atom stereocenters. The molecule has 0 spiro atoms. The number of ketones is 1. The largest absolute Gasteiger partial charge is 0.329 e. The maximum absolute atomic E-state index is 13.3. The molecule has 3 fully saturated rings. The Labute approximate surface area is 187 Å². The van der Waals surface area contributed by atoms with Gasteiger partial charge in [0.05, 0.1) is 12.1 Å². The first-order valence-corrected chi connectivity index (χ1v) is 11.3. The van der Waals surface area contributed by atoms with Crippen LogP contribution in [0.2, 0.25) is 0 Å². The Balaban J connectivity index is 1.52. The number of likely N-dealkylation sites (tertiary alicyclic amines) is 3. The normalized spacial score (nSPS) is 25.1. The molecule has 3 aliphatic heterocycles. The van der Waals surface area contributed by atoms with Crippen LogP contribution in [0.1, 0.15) is 66.2 Å². The Bertz CT molecular complexity index is 984. The van der Waals surface area contributed by atoms with Gasteiger partial charge >= 0.3 is 0 Å². The van der Waals surface area contributed by atoms with Gasteiger partial charge in [-0.05, 0) is 63.6 Å². The fourth-order valence-corrected chi connectivity index (χ4v) is 5.17. The lowest BCUT2D eigenvalue weighted by Crippen LogP contribution is -2.49. The Morgan fingerprint density at radius 2 is 1.38 bits per heavy atom. The molecule has 3 amide bonds. The quantitative estimate of drug-likeness (QED) is 0.718. The van der Waals surface area contributed by atoms with E-state index in [9.17, 15) is 24.4 Å². The summed E-state index contributed by atoms with van der Waals surface area (Å²) < 4.78 is 0. The van der Waals surface area contributed by atoms with Crippen molar-refractivity contribution in [2.45, 2.75) is 63.6 Å². The van der Waals surface area contributed by atoms with Crippen molar-refractivity contribution < 1.29 is 19.2 Å². The van der Waals surface area contributed by atoms with E-state index in [0.29, 0.717) is 50.0 Å². The minimum atomic E-state index is -0.573. The van der Waals surface area contributed by atoms with Gasteiger partial charge in [0.1, 0.15) is 12.1 Å². The van der Waals surface area contributed by atoms with Crippen LogP contribution in [0.4, 0.5) is 0 Å². The summed E-state index contributed by atoms with van der Waals surface area (Å²) in [5, 5.41) is 9.33. The third kappa shape index (κ3) is 3.99. The predicted octanol–water partition coefficient (Wildman–Crippen LogP) is 2.00. The summed E-state index contributed by atoms with van der Waals surface area (Å²) in [6, 6.07) is 7.32. The Morgan fingerprint density at radius 1 is 0.844 bits per heavy atom. The van der Waals surface area contributed by atoms with Gasteiger partial charge in [-0.15, -0.1) is 0 Å². The molecule has 32 heavy (non-hydrogen) atoms. The molecule has 3 heterocycles. The molecule has 3 aliphatic rings. The SMILES string of the molecule is CC(=O)[C@@H]1CCCN1C(=O)c1cccc(C(=O)N2CCC[C@H]2C(=O)N2CCC[C@H]2C#N)c1. The summed E-state index contributed by atoms with van der Waals surface area (Å²) in [7, 11) is 0. The molecule has 3 atom stereocenters. The topological polar surface area (TPSA) is 102 Å². The Kier molecular flexibility index (Phi) is 6.26. The van der Waals surface area contributed by atoms with Gasteiger partial charge in [-0.3, -0.25) is 19.2 Å². The monoisotopic (exact) mass is 436 g/mol. The van der Waals surface area contributed by atoms with E-state index in [1.807, 2.05) is 0 Å². The van der Waals surface area contributed by atoms with Gasteiger partial charge in [-0.25, -0.2) is 0 Å². The predicted molar refractivity (Wildman–Crippen MR) is 116 cm³/mol. The molecule has 0 radical (unpaired) electrons. The highest BCUT2D eigenvalue weighted by atomic mass is 16.2. The summed E-state index contributed by atoms with van der Waals surface area (Å²) in [6.45, 7) is 3.04. The molecule has 0 aliphatic carbocycles. The number of Topliss-reactive ketones (excluding diaryl/α,β-unsaturated/α-hetero) is 1. The highest BCUT2D eigenvalue weighted by Gasteiger charge is 2.40. The zero-order valence-corrected chi connectivity index (χ0v) is 18.3. The van der Waals surface area contributed by atoms with Crippen molar-refractivity contribution in [1.29, 1.82) is 5.26 Å². The highest BCUT2D eigenvalue weighted by Crippen LogP contribution is 2.27. The van der Waals surface area contributed by atoms with Gasteiger partial charge in [-0.2, -0.15) is 5.26 Å². The fourth-order valence-electron chi connectivity index (χ4n) is 5.17.